The van der Waals surface area contributed by atoms with Gasteiger partial charge in [0.25, 0.3) is 0 Å². The van der Waals surface area contributed by atoms with Crippen molar-refractivity contribution in [2.45, 2.75) is 26.2 Å². The molecule has 4 nitrogen and oxygen atoms in total. The van der Waals surface area contributed by atoms with Crippen molar-refractivity contribution in [3.63, 3.8) is 0 Å². The predicted molar refractivity (Wildman–Crippen MR) is 100 cm³/mol. The van der Waals surface area contributed by atoms with Gasteiger partial charge in [-0.25, -0.2) is 0 Å². The summed E-state index contributed by atoms with van der Waals surface area (Å²) in [6.07, 6.45) is 3.11. The molecule has 0 aromatic heterocycles. The number of unbranched alkanes of at least 4 members (excludes halogenated alkanes) is 1. The average Bonchev–Trinajstić information content (AvgIpc) is 3.04. The molecular formula is C17H26BrClN2O2. The van der Waals surface area contributed by atoms with Crippen molar-refractivity contribution in [2.75, 3.05) is 37.7 Å². The Balaban J connectivity index is 0.00000264. The monoisotopic (exact) mass is 404 g/mol. The van der Waals surface area contributed by atoms with Crippen LogP contribution in [0.15, 0.2) is 28.7 Å². The molecule has 130 valence electrons. The van der Waals surface area contributed by atoms with Gasteiger partial charge in [-0.15, -0.1) is 12.4 Å². The Hall–Kier alpha value is -0.620. The summed E-state index contributed by atoms with van der Waals surface area (Å²) in [6, 6.07) is 7.91. The molecular weight excluding hydrogens is 380 g/mol. The van der Waals surface area contributed by atoms with Crippen molar-refractivity contribution in [3.05, 3.63) is 28.7 Å². The second kappa shape index (κ2) is 11.0. The Bertz CT molecular complexity index is 481. The topological polar surface area (TPSA) is 41.6 Å². The van der Waals surface area contributed by atoms with E-state index in [0.717, 1.165) is 49.1 Å². The molecule has 1 N–H and O–H groups in total. The van der Waals surface area contributed by atoms with Crippen LogP contribution >= 0.6 is 28.3 Å². The van der Waals surface area contributed by atoms with E-state index in [2.05, 4.69) is 28.2 Å². The molecule has 1 aliphatic heterocycles. The second-order valence-corrected chi connectivity index (χ2v) is 6.54. The van der Waals surface area contributed by atoms with Crippen molar-refractivity contribution in [1.82, 2.24) is 5.32 Å². The number of ether oxygens (including phenoxy) is 1. The summed E-state index contributed by atoms with van der Waals surface area (Å²) in [6.45, 7) is 5.81. The van der Waals surface area contributed by atoms with Crippen molar-refractivity contribution < 1.29 is 9.53 Å². The van der Waals surface area contributed by atoms with Gasteiger partial charge in [-0.05, 0) is 37.6 Å². The molecule has 0 aliphatic carbocycles. The van der Waals surface area contributed by atoms with E-state index in [4.69, 9.17) is 4.74 Å². The van der Waals surface area contributed by atoms with Gasteiger partial charge in [0, 0.05) is 29.9 Å². The smallest absolute Gasteiger partial charge is 0.231 e. The maximum absolute atomic E-state index is 12.8. The lowest BCUT2D eigenvalue weighted by molar-refractivity contribution is -0.122. The van der Waals surface area contributed by atoms with E-state index in [9.17, 15) is 4.79 Å². The first-order valence-electron chi connectivity index (χ1n) is 8.07. The van der Waals surface area contributed by atoms with Crippen LogP contribution in [0.4, 0.5) is 5.69 Å². The number of anilines is 1. The molecule has 1 amide bonds. The van der Waals surface area contributed by atoms with Crippen molar-refractivity contribution in [3.8, 4) is 0 Å². The van der Waals surface area contributed by atoms with Gasteiger partial charge < -0.3 is 15.0 Å². The third-order valence-corrected chi connectivity index (χ3v) is 4.39. The number of carbonyl (C=O) groups excluding carboxylic acids is 1. The number of hydrogen-bond donors (Lipinski definition) is 1. The second-order valence-electron chi connectivity index (χ2n) is 5.63. The molecule has 1 aromatic rings. The van der Waals surface area contributed by atoms with Gasteiger partial charge in [0.05, 0.1) is 12.5 Å². The average molecular weight is 406 g/mol. The van der Waals surface area contributed by atoms with Gasteiger partial charge >= 0.3 is 0 Å². The molecule has 1 aliphatic rings. The zero-order valence-corrected chi connectivity index (χ0v) is 16.0. The number of benzene rings is 1. The fourth-order valence-corrected chi connectivity index (χ4v) is 2.99. The van der Waals surface area contributed by atoms with Crippen molar-refractivity contribution in [2.24, 2.45) is 5.92 Å². The highest BCUT2D eigenvalue weighted by atomic mass is 79.9. The standard InChI is InChI=1S/C17H25BrN2O2.ClH/c1-2-3-10-22-11-9-20(16-6-4-5-15(18)12-16)17(21)14-7-8-19-13-14;/h4-6,12,14,19H,2-3,7-11,13H2,1H3;1H. The zero-order valence-electron chi connectivity index (χ0n) is 13.6. The highest BCUT2D eigenvalue weighted by Gasteiger charge is 2.27. The maximum Gasteiger partial charge on any atom is 0.231 e. The van der Waals surface area contributed by atoms with E-state index in [1.54, 1.807) is 0 Å². The largest absolute Gasteiger partial charge is 0.380 e. The predicted octanol–water partition coefficient (Wildman–Crippen LogP) is 3.63. The molecule has 1 heterocycles. The molecule has 0 spiro atoms. The van der Waals surface area contributed by atoms with E-state index < -0.39 is 0 Å². The van der Waals surface area contributed by atoms with Crippen LogP contribution in [-0.4, -0.2) is 38.8 Å². The van der Waals surface area contributed by atoms with E-state index in [0.29, 0.717) is 13.2 Å². The van der Waals surface area contributed by atoms with E-state index in [1.165, 1.54) is 0 Å². The normalized spacial score (nSPS) is 16.9. The minimum absolute atomic E-state index is 0. The lowest BCUT2D eigenvalue weighted by atomic mass is 10.1. The third-order valence-electron chi connectivity index (χ3n) is 3.90. The summed E-state index contributed by atoms with van der Waals surface area (Å²) in [5, 5.41) is 3.27. The Morgan fingerprint density at radius 1 is 1.43 bits per heavy atom. The summed E-state index contributed by atoms with van der Waals surface area (Å²) < 4.78 is 6.63. The van der Waals surface area contributed by atoms with Crippen LogP contribution in [-0.2, 0) is 9.53 Å². The molecule has 1 atom stereocenters. The lowest BCUT2D eigenvalue weighted by Crippen LogP contribution is -2.39. The maximum atomic E-state index is 12.8. The Morgan fingerprint density at radius 3 is 2.91 bits per heavy atom. The number of amides is 1. The summed E-state index contributed by atoms with van der Waals surface area (Å²) in [4.78, 5) is 14.7. The van der Waals surface area contributed by atoms with Gasteiger partial charge in [0.15, 0.2) is 0 Å². The number of rotatable bonds is 8. The van der Waals surface area contributed by atoms with Gasteiger partial charge in [0.1, 0.15) is 0 Å². The fourth-order valence-electron chi connectivity index (χ4n) is 2.60. The Labute approximate surface area is 153 Å². The molecule has 2 rings (SSSR count). The molecule has 1 saturated heterocycles. The summed E-state index contributed by atoms with van der Waals surface area (Å²) in [5.74, 6) is 0.275. The number of nitrogens with one attached hydrogen (secondary N) is 1. The lowest BCUT2D eigenvalue weighted by Gasteiger charge is -2.25. The molecule has 0 saturated carbocycles. The summed E-state index contributed by atoms with van der Waals surface area (Å²) in [7, 11) is 0. The van der Waals surface area contributed by atoms with E-state index in [-0.39, 0.29) is 24.2 Å². The molecule has 0 bridgehead atoms. The van der Waals surface area contributed by atoms with Crippen molar-refractivity contribution >= 4 is 39.9 Å². The highest BCUT2D eigenvalue weighted by Crippen LogP contribution is 2.23. The van der Waals surface area contributed by atoms with Crippen LogP contribution < -0.4 is 10.2 Å². The van der Waals surface area contributed by atoms with Gasteiger partial charge in [0.2, 0.25) is 5.91 Å². The van der Waals surface area contributed by atoms with Crippen molar-refractivity contribution in [1.29, 1.82) is 0 Å². The first-order valence-corrected chi connectivity index (χ1v) is 8.87. The molecule has 1 fully saturated rings. The number of nitrogens with zero attached hydrogens (tertiary/aromatic N) is 1. The van der Waals surface area contributed by atoms with Crippen LogP contribution in [0.1, 0.15) is 26.2 Å². The third kappa shape index (κ3) is 6.42. The van der Waals surface area contributed by atoms with E-state index >= 15 is 0 Å². The van der Waals surface area contributed by atoms with Crippen LogP contribution in [0.3, 0.4) is 0 Å². The number of halogens is 2. The SMILES string of the molecule is CCCCOCCN(C(=O)C1CCNC1)c1cccc(Br)c1.Cl. The first-order chi connectivity index (χ1) is 10.7. The molecule has 6 heteroatoms. The van der Waals surface area contributed by atoms with Crippen LogP contribution in [0.2, 0.25) is 0 Å². The summed E-state index contributed by atoms with van der Waals surface area (Å²) >= 11 is 3.48. The minimum atomic E-state index is 0. The van der Waals surface area contributed by atoms with Gasteiger partial charge in [-0.1, -0.05) is 35.3 Å². The van der Waals surface area contributed by atoms with Crippen LogP contribution in [0.5, 0.6) is 0 Å². The van der Waals surface area contributed by atoms with Gasteiger partial charge in [-0.3, -0.25) is 4.79 Å². The zero-order chi connectivity index (χ0) is 15.8. The van der Waals surface area contributed by atoms with Crippen LogP contribution in [0.25, 0.3) is 0 Å². The minimum Gasteiger partial charge on any atom is -0.380 e. The molecule has 23 heavy (non-hydrogen) atoms. The molecule has 0 radical (unpaired) electrons. The number of carbonyl (C=O) groups is 1. The van der Waals surface area contributed by atoms with Crippen LogP contribution in [0, 0.1) is 5.92 Å². The highest BCUT2D eigenvalue weighted by molar-refractivity contribution is 9.10. The quantitative estimate of drug-likeness (QED) is 0.672. The molecule has 1 unspecified atom stereocenters. The fraction of sp³-hybridized carbons (Fsp3) is 0.588. The molecule has 1 aromatic carbocycles. The first kappa shape index (κ1) is 20.4. The Morgan fingerprint density at radius 2 is 2.26 bits per heavy atom. The number of hydrogen-bond acceptors (Lipinski definition) is 3. The summed E-state index contributed by atoms with van der Waals surface area (Å²) in [5.41, 5.74) is 0.936. The Kier molecular flexibility index (Phi) is 9.79. The van der Waals surface area contributed by atoms with Gasteiger partial charge in [-0.2, -0.15) is 0 Å². The van der Waals surface area contributed by atoms with E-state index in [1.807, 2.05) is 29.2 Å².